The van der Waals surface area contributed by atoms with Crippen LogP contribution in [0.1, 0.15) is 11.4 Å². The minimum absolute atomic E-state index is 0.160. The summed E-state index contributed by atoms with van der Waals surface area (Å²) in [7, 11) is 0. The first-order valence-electron chi connectivity index (χ1n) is 8.81. The molecule has 2 atom stereocenters. The monoisotopic (exact) mass is 344 g/mol. The predicted molar refractivity (Wildman–Crippen MR) is 91.9 cm³/mol. The van der Waals surface area contributed by atoms with Gasteiger partial charge in [-0.1, -0.05) is 22.9 Å². The van der Waals surface area contributed by atoms with Crippen LogP contribution in [0.25, 0.3) is 11.5 Å². The van der Waals surface area contributed by atoms with Gasteiger partial charge in [-0.25, -0.2) is 0 Å². The van der Waals surface area contributed by atoms with Crippen LogP contribution in [0.2, 0.25) is 0 Å². The van der Waals surface area contributed by atoms with E-state index >= 15 is 0 Å². The van der Waals surface area contributed by atoms with Crippen molar-refractivity contribution in [3.8, 4) is 11.5 Å². The Kier molecular flexibility index (Phi) is 4.80. The molecule has 4 rings (SSSR count). The van der Waals surface area contributed by atoms with Crippen molar-refractivity contribution in [2.75, 3.05) is 39.4 Å². The Bertz CT molecular complexity index is 697. The van der Waals surface area contributed by atoms with Crippen LogP contribution in [0, 0.1) is 6.92 Å². The summed E-state index contributed by atoms with van der Waals surface area (Å²) in [6, 6.07) is 8.19. The van der Waals surface area contributed by atoms with Crippen LogP contribution in [0.15, 0.2) is 28.8 Å². The van der Waals surface area contributed by atoms with Crippen molar-refractivity contribution in [1.29, 1.82) is 0 Å². The topological polar surface area (TPSA) is 74.9 Å². The molecule has 0 radical (unpaired) electrons. The van der Waals surface area contributed by atoms with Gasteiger partial charge >= 0.3 is 0 Å². The summed E-state index contributed by atoms with van der Waals surface area (Å²) < 4.78 is 10.8. The van der Waals surface area contributed by atoms with E-state index in [1.165, 1.54) is 5.56 Å². The molecule has 1 N–H and O–H groups in total. The first-order valence-corrected chi connectivity index (χ1v) is 8.81. The maximum Gasteiger partial charge on any atom is 0.257 e. The maximum atomic E-state index is 10.4. The number of aliphatic hydroxyl groups is 1. The van der Waals surface area contributed by atoms with Crippen LogP contribution in [-0.4, -0.2) is 76.6 Å². The molecule has 1 aromatic carbocycles. The van der Waals surface area contributed by atoms with E-state index in [0.29, 0.717) is 24.8 Å². The minimum Gasteiger partial charge on any atom is -0.390 e. The van der Waals surface area contributed by atoms with Crippen LogP contribution >= 0.6 is 0 Å². The lowest BCUT2D eigenvalue weighted by atomic mass is 10.1. The smallest absolute Gasteiger partial charge is 0.257 e. The summed E-state index contributed by atoms with van der Waals surface area (Å²) in [5.74, 6) is 1.20. The van der Waals surface area contributed by atoms with Crippen LogP contribution in [0.4, 0.5) is 0 Å². The van der Waals surface area contributed by atoms with Crippen LogP contribution in [0.5, 0.6) is 0 Å². The maximum absolute atomic E-state index is 10.4. The average Bonchev–Trinajstić information content (AvgIpc) is 3.23. The van der Waals surface area contributed by atoms with Crippen molar-refractivity contribution < 1.29 is 14.4 Å². The molecule has 7 heteroatoms. The van der Waals surface area contributed by atoms with Crippen LogP contribution in [-0.2, 0) is 11.3 Å². The fraction of sp³-hybridized carbons (Fsp3) is 0.556. The summed E-state index contributed by atoms with van der Waals surface area (Å²) >= 11 is 0. The highest BCUT2D eigenvalue weighted by molar-refractivity contribution is 5.53. The van der Waals surface area contributed by atoms with Gasteiger partial charge in [0.05, 0.1) is 25.9 Å². The highest BCUT2D eigenvalue weighted by Crippen LogP contribution is 2.21. The molecule has 0 unspecified atom stereocenters. The lowest BCUT2D eigenvalue weighted by molar-refractivity contribution is -0.00618. The zero-order valence-corrected chi connectivity index (χ0v) is 14.5. The molecule has 2 aromatic rings. The Labute approximate surface area is 147 Å². The average molecular weight is 344 g/mol. The number of likely N-dealkylation sites (tertiary alicyclic amines) is 1. The van der Waals surface area contributed by atoms with Crippen molar-refractivity contribution in [2.45, 2.75) is 25.6 Å². The minimum atomic E-state index is -0.346. The van der Waals surface area contributed by atoms with Crippen molar-refractivity contribution in [2.24, 2.45) is 0 Å². The first-order chi connectivity index (χ1) is 12.2. The predicted octanol–water partition coefficient (Wildman–Crippen LogP) is 0.922. The summed E-state index contributed by atoms with van der Waals surface area (Å²) in [4.78, 5) is 9.01. The van der Waals surface area contributed by atoms with Crippen molar-refractivity contribution >= 4 is 0 Å². The van der Waals surface area contributed by atoms with Gasteiger partial charge in [0.1, 0.15) is 0 Å². The van der Waals surface area contributed by atoms with E-state index in [9.17, 15) is 5.11 Å². The number of aryl methyl sites for hydroxylation is 1. The number of hydrogen-bond acceptors (Lipinski definition) is 7. The molecule has 134 valence electrons. The van der Waals surface area contributed by atoms with Crippen molar-refractivity contribution in [3.63, 3.8) is 0 Å². The number of aromatic nitrogens is 2. The van der Waals surface area contributed by atoms with Crippen LogP contribution < -0.4 is 0 Å². The molecule has 0 amide bonds. The zero-order valence-electron chi connectivity index (χ0n) is 14.5. The summed E-state index contributed by atoms with van der Waals surface area (Å²) in [5, 5.41) is 14.5. The van der Waals surface area contributed by atoms with Gasteiger partial charge in [0.25, 0.3) is 5.89 Å². The van der Waals surface area contributed by atoms with E-state index in [1.807, 2.05) is 31.2 Å². The third-order valence-corrected chi connectivity index (χ3v) is 4.98. The fourth-order valence-corrected chi connectivity index (χ4v) is 3.58. The molecule has 7 nitrogen and oxygen atoms in total. The quantitative estimate of drug-likeness (QED) is 0.884. The van der Waals surface area contributed by atoms with E-state index in [-0.39, 0.29) is 12.1 Å². The number of β-amino-alcohol motifs (C(OH)–C–C–N with tert-alkyl or cyclic N) is 1. The largest absolute Gasteiger partial charge is 0.390 e. The number of rotatable bonds is 4. The van der Waals surface area contributed by atoms with E-state index < -0.39 is 0 Å². The number of benzene rings is 1. The Morgan fingerprint density at radius 3 is 2.68 bits per heavy atom. The normalized spacial score (nSPS) is 25.5. The van der Waals surface area contributed by atoms with E-state index in [1.54, 1.807) is 0 Å². The molecule has 3 heterocycles. The Hall–Kier alpha value is -1.80. The highest BCUT2D eigenvalue weighted by atomic mass is 16.5. The Morgan fingerprint density at radius 2 is 1.92 bits per heavy atom. The molecule has 2 fully saturated rings. The fourth-order valence-electron chi connectivity index (χ4n) is 3.58. The summed E-state index contributed by atoms with van der Waals surface area (Å²) in [6.07, 6.45) is -0.346. The van der Waals surface area contributed by atoms with Gasteiger partial charge in [-0.3, -0.25) is 9.80 Å². The summed E-state index contributed by atoms with van der Waals surface area (Å²) in [5.41, 5.74) is 2.13. The molecule has 0 aliphatic carbocycles. The summed E-state index contributed by atoms with van der Waals surface area (Å²) in [6.45, 7) is 7.35. The van der Waals surface area contributed by atoms with Crippen LogP contribution in [0.3, 0.4) is 0 Å². The second kappa shape index (κ2) is 7.21. The van der Waals surface area contributed by atoms with E-state index in [0.717, 1.165) is 38.4 Å². The first kappa shape index (κ1) is 16.7. The van der Waals surface area contributed by atoms with Crippen molar-refractivity contribution in [1.82, 2.24) is 19.9 Å². The van der Waals surface area contributed by atoms with Crippen molar-refractivity contribution in [3.05, 3.63) is 35.7 Å². The molecule has 0 bridgehead atoms. The highest BCUT2D eigenvalue weighted by Gasteiger charge is 2.36. The molecule has 0 spiro atoms. The van der Waals surface area contributed by atoms with E-state index in [2.05, 4.69) is 19.9 Å². The molecular weight excluding hydrogens is 320 g/mol. The molecule has 25 heavy (non-hydrogen) atoms. The van der Waals surface area contributed by atoms with Gasteiger partial charge in [0.15, 0.2) is 5.82 Å². The third-order valence-electron chi connectivity index (χ3n) is 4.98. The molecule has 2 aliphatic heterocycles. The third kappa shape index (κ3) is 3.74. The molecule has 0 saturated carbocycles. The molecule has 2 aliphatic rings. The molecular formula is C18H24N4O3. The number of nitrogens with zero attached hydrogens (tertiary/aromatic N) is 4. The number of hydrogen-bond donors (Lipinski definition) is 1. The number of ether oxygens (including phenoxy) is 1. The van der Waals surface area contributed by atoms with Gasteiger partial charge in [0, 0.05) is 37.8 Å². The van der Waals surface area contributed by atoms with Gasteiger partial charge in [-0.15, -0.1) is 0 Å². The number of aliphatic hydroxyl groups excluding tert-OH is 1. The zero-order chi connectivity index (χ0) is 17.2. The van der Waals surface area contributed by atoms with Gasteiger partial charge in [-0.05, 0) is 19.1 Å². The second-order valence-corrected chi connectivity index (χ2v) is 6.86. The lowest BCUT2D eigenvalue weighted by Crippen LogP contribution is -2.48. The van der Waals surface area contributed by atoms with Gasteiger partial charge in [-0.2, -0.15) is 4.98 Å². The van der Waals surface area contributed by atoms with Gasteiger partial charge < -0.3 is 14.4 Å². The van der Waals surface area contributed by atoms with E-state index in [4.69, 9.17) is 9.26 Å². The standard InChI is InChI=1S/C18H24N4O3/c1-13-2-4-14(5-3-13)18-19-17(20-25-18)12-21-10-15(16(23)11-21)22-6-8-24-9-7-22/h2-5,15-16,23H,6-12H2,1H3/t15-,16-/m0/s1. The Morgan fingerprint density at radius 1 is 1.16 bits per heavy atom. The number of morpholine rings is 1. The molecule has 1 aromatic heterocycles. The van der Waals surface area contributed by atoms with Gasteiger partial charge in [0.2, 0.25) is 0 Å². The Balaban J connectivity index is 1.38. The second-order valence-electron chi connectivity index (χ2n) is 6.86. The lowest BCUT2D eigenvalue weighted by Gasteiger charge is -2.33. The molecule has 2 saturated heterocycles. The SMILES string of the molecule is Cc1ccc(-c2nc(CN3C[C@H](O)[C@@H](N4CCOCC4)C3)no2)cc1.